The van der Waals surface area contributed by atoms with E-state index < -0.39 is 18.3 Å². The first-order valence-electron chi connectivity index (χ1n) is 8.56. The number of nitrogens with zero attached hydrogens (tertiary/aromatic N) is 1. The van der Waals surface area contributed by atoms with Crippen LogP contribution in [0.3, 0.4) is 0 Å². The van der Waals surface area contributed by atoms with Gasteiger partial charge in [0.1, 0.15) is 0 Å². The van der Waals surface area contributed by atoms with Gasteiger partial charge >= 0.3 is 7.12 Å². The monoisotopic (exact) mass is 375 g/mol. The number of hydrogen-bond donors (Lipinski definition) is 1. The van der Waals surface area contributed by atoms with E-state index in [9.17, 15) is 9.90 Å². The number of hydrogen-bond acceptors (Lipinski definition) is 4. The lowest BCUT2D eigenvalue weighted by molar-refractivity contribution is 0.00578. The van der Waals surface area contributed by atoms with Crippen LogP contribution in [0.4, 0.5) is 0 Å². The number of rotatable bonds is 4. The SMILES string of the molecule is CC1(C)OB(c2ccn(Cc3cc(Cl)cc(CO)c3)c(=O)c2)OC1(C)C. The number of aromatic nitrogens is 1. The molecule has 1 aromatic heterocycles. The van der Waals surface area contributed by atoms with Crippen LogP contribution in [-0.2, 0) is 22.5 Å². The van der Waals surface area contributed by atoms with E-state index in [1.165, 1.54) is 0 Å². The summed E-state index contributed by atoms with van der Waals surface area (Å²) >= 11 is 6.07. The second-order valence-corrected chi connectivity index (χ2v) is 8.08. The van der Waals surface area contributed by atoms with E-state index in [1.54, 1.807) is 29.0 Å². The summed E-state index contributed by atoms with van der Waals surface area (Å²) in [7, 11) is -0.561. The van der Waals surface area contributed by atoms with Crippen LogP contribution in [0.2, 0.25) is 5.02 Å². The zero-order chi connectivity index (χ0) is 19.1. The van der Waals surface area contributed by atoms with Crippen molar-refractivity contribution in [1.82, 2.24) is 4.57 Å². The predicted molar refractivity (Wildman–Crippen MR) is 103 cm³/mol. The molecule has 1 fully saturated rings. The van der Waals surface area contributed by atoms with Gasteiger partial charge in [0, 0.05) is 17.3 Å². The van der Waals surface area contributed by atoms with Crippen LogP contribution in [0.5, 0.6) is 0 Å². The fourth-order valence-electron chi connectivity index (χ4n) is 2.88. The average molecular weight is 376 g/mol. The van der Waals surface area contributed by atoms with Gasteiger partial charge in [0.05, 0.1) is 24.4 Å². The van der Waals surface area contributed by atoms with Crippen molar-refractivity contribution in [1.29, 1.82) is 0 Å². The first-order valence-corrected chi connectivity index (χ1v) is 8.94. The Kier molecular flexibility index (Phi) is 5.05. The summed E-state index contributed by atoms with van der Waals surface area (Å²) in [6, 6.07) is 8.70. The summed E-state index contributed by atoms with van der Waals surface area (Å²) in [5, 5.41) is 9.83. The molecule has 1 saturated heterocycles. The van der Waals surface area contributed by atoms with Crippen molar-refractivity contribution >= 4 is 24.2 Å². The van der Waals surface area contributed by atoms with Gasteiger partial charge in [0.2, 0.25) is 5.56 Å². The highest BCUT2D eigenvalue weighted by Gasteiger charge is 2.51. The van der Waals surface area contributed by atoms with Crippen LogP contribution >= 0.6 is 11.6 Å². The molecule has 2 heterocycles. The molecule has 1 aliphatic rings. The van der Waals surface area contributed by atoms with Gasteiger partial charge in [-0.25, -0.2) is 0 Å². The van der Waals surface area contributed by atoms with Crippen LogP contribution in [0.1, 0.15) is 38.8 Å². The van der Waals surface area contributed by atoms with Crippen molar-refractivity contribution in [2.24, 2.45) is 0 Å². The number of halogens is 1. The zero-order valence-electron chi connectivity index (χ0n) is 15.5. The van der Waals surface area contributed by atoms with E-state index in [1.807, 2.05) is 39.8 Å². The largest absolute Gasteiger partial charge is 0.495 e. The standard InChI is InChI=1S/C19H23BClNO4/c1-18(2)19(3,4)26-20(25-18)15-5-6-22(17(24)10-15)11-13-7-14(12-23)9-16(21)8-13/h5-10,23H,11-12H2,1-4H3. The molecule has 26 heavy (non-hydrogen) atoms. The van der Waals surface area contributed by atoms with Crippen molar-refractivity contribution in [3.63, 3.8) is 0 Å². The molecular formula is C19H23BClNO4. The van der Waals surface area contributed by atoms with Crippen LogP contribution in [-0.4, -0.2) is 28.0 Å². The molecule has 0 atom stereocenters. The summed E-state index contributed by atoms with van der Waals surface area (Å²) in [5.74, 6) is 0. The minimum absolute atomic E-state index is 0.0939. The van der Waals surface area contributed by atoms with E-state index in [4.69, 9.17) is 20.9 Å². The molecule has 1 aliphatic heterocycles. The predicted octanol–water partition coefficient (Wildman–Crippen LogP) is 2.34. The molecule has 7 heteroatoms. The lowest BCUT2D eigenvalue weighted by Crippen LogP contribution is -2.41. The van der Waals surface area contributed by atoms with Gasteiger partial charge in [-0.15, -0.1) is 0 Å². The molecule has 2 aromatic rings. The molecule has 1 N–H and O–H groups in total. The zero-order valence-corrected chi connectivity index (χ0v) is 16.2. The molecule has 0 unspecified atom stereocenters. The summed E-state index contributed by atoms with van der Waals surface area (Å²) in [6.45, 7) is 8.19. The second kappa shape index (κ2) is 6.85. The van der Waals surface area contributed by atoms with Gasteiger partial charge in [-0.05, 0) is 62.5 Å². The Labute approximate surface area is 158 Å². The van der Waals surface area contributed by atoms with Crippen LogP contribution in [0.15, 0.2) is 41.3 Å². The topological polar surface area (TPSA) is 60.7 Å². The summed E-state index contributed by atoms with van der Waals surface area (Å²) < 4.78 is 13.6. The maximum absolute atomic E-state index is 12.5. The third-order valence-electron chi connectivity index (χ3n) is 5.10. The Bertz CT molecular complexity index is 862. The molecule has 3 rings (SSSR count). The van der Waals surface area contributed by atoms with Gasteiger partial charge in [-0.1, -0.05) is 17.7 Å². The van der Waals surface area contributed by atoms with E-state index in [-0.39, 0.29) is 12.2 Å². The van der Waals surface area contributed by atoms with Crippen molar-refractivity contribution in [3.8, 4) is 0 Å². The number of aliphatic hydroxyl groups is 1. The maximum atomic E-state index is 12.5. The fourth-order valence-corrected chi connectivity index (χ4v) is 3.16. The first-order chi connectivity index (χ1) is 12.1. The van der Waals surface area contributed by atoms with Crippen LogP contribution in [0.25, 0.3) is 0 Å². The lowest BCUT2D eigenvalue weighted by Gasteiger charge is -2.32. The second-order valence-electron chi connectivity index (χ2n) is 7.64. The summed E-state index contributed by atoms with van der Waals surface area (Å²) in [4.78, 5) is 12.5. The highest BCUT2D eigenvalue weighted by molar-refractivity contribution is 6.62. The van der Waals surface area contributed by atoms with Crippen molar-refractivity contribution in [2.45, 2.75) is 52.0 Å². The fraction of sp³-hybridized carbons (Fsp3) is 0.421. The molecular weight excluding hydrogens is 352 g/mol. The summed E-state index contributed by atoms with van der Waals surface area (Å²) in [5.41, 5.74) is 1.22. The Morgan fingerprint density at radius 1 is 1.08 bits per heavy atom. The Balaban J connectivity index is 1.83. The summed E-state index contributed by atoms with van der Waals surface area (Å²) in [6.07, 6.45) is 1.72. The molecule has 0 saturated carbocycles. The molecule has 0 bridgehead atoms. The highest BCUT2D eigenvalue weighted by atomic mass is 35.5. The molecule has 0 aliphatic carbocycles. The Morgan fingerprint density at radius 2 is 1.69 bits per heavy atom. The van der Waals surface area contributed by atoms with E-state index in [0.717, 1.165) is 11.1 Å². The van der Waals surface area contributed by atoms with Gasteiger partial charge in [-0.2, -0.15) is 0 Å². The molecule has 138 valence electrons. The van der Waals surface area contributed by atoms with Gasteiger partial charge in [0.25, 0.3) is 0 Å². The Morgan fingerprint density at radius 3 is 2.27 bits per heavy atom. The van der Waals surface area contributed by atoms with E-state index in [2.05, 4.69) is 0 Å². The highest BCUT2D eigenvalue weighted by Crippen LogP contribution is 2.36. The minimum atomic E-state index is -0.561. The van der Waals surface area contributed by atoms with Gasteiger partial charge in [0.15, 0.2) is 0 Å². The molecule has 0 radical (unpaired) electrons. The van der Waals surface area contributed by atoms with E-state index in [0.29, 0.717) is 17.0 Å². The smallest absolute Gasteiger partial charge is 0.399 e. The van der Waals surface area contributed by atoms with E-state index >= 15 is 0 Å². The van der Waals surface area contributed by atoms with Crippen LogP contribution < -0.4 is 11.0 Å². The van der Waals surface area contributed by atoms with Crippen molar-refractivity contribution in [2.75, 3.05) is 0 Å². The average Bonchev–Trinajstić information content (AvgIpc) is 2.76. The molecule has 0 spiro atoms. The molecule has 0 amide bonds. The maximum Gasteiger partial charge on any atom is 0.495 e. The number of benzene rings is 1. The molecule has 1 aromatic carbocycles. The van der Waals surface area contributed by atoms with Crippen molar-refractivity contribution in [3.05, 3.63) is 63.0 Å². The van der Waals surface area contributed by atoms with Crippen molar-refractivity contribution < 1.29 is 14.4 Å². The van der Waals surface area contributed by atoms with Gasteiger partial charge in [-0.3, -0.25) is 4.79 Å². The quantitative estimate of drug-likeness (QED) is 0.833. The minimum Gasteiger partial charge on any atom is -0.399 e. The molecule has 5 nitrogen and oxygen atoms in total. The van der Waals surface area contributed by atoms with Gasteiger partial charge < -0.3 is 19.0 Å². The third-order valence-corrected chi connectivity index (χ3v) is 5.32. The Hall–Kier alpha value is -1.60. The van der Waals surface area contributed by atoms with Crippen LogP contribution in [0, 0.1) is 0 Å². The first kappa shape index (κ1) is 19.2. The number of aliphatic hydroxyl groups excluding tert-OH is 1. The normalized spacial score (nSPS) is 18.3. The number of pyridine rings is 1. The third kappa shape index (κ3) is 3.74. The lowest BCUT2D eigenvalue weighted by atomic mass is 9.80.